The number of aryl methyl sites for hydroxylation is 4. The molecule has 4 nitrogen and oxygen atoms in total. The van der Waals surface area contributed by atoms with Gasteiger partial charge in [0.15, 0.2) is 0 Å². The van der Waals surface area contributed by atoms with Gasteiger partial charge in [-0.2, -0.15) is 5.10 Å². The summed E-state index contributed by atoms with van der Waals surface area (Å²) in [4.78, 5) is 0. The second-order valence-electron chi connectivity index (χ2n) is 5.43. The summed E-state index contributed by atoms with van der Waals surface area (Å²) >= 11 is 0. The first kappa shape index (κ1) is 15.6. The summed E-state index contributed by atoms with van der Waals surface area (Å²) < 4.78 is 7.48. The molecule has 0 fully saturated rings. The van der Waals surface area contributed by atoms with Gasteiger partial charge in [0.05, 0.1) is 24.5 Å². The third kappa shape index (κ3) is 2.95. The molecule has 0 spiro atoms. The fourth-order valence-corrected chi connectivity index (χ4v) is 2.86. The van der Waals surface area contributed by atoms with Crippen LogP contribution in [0.2, 0.25) is 0 Å². The average Bonchev–Trinajstić information content (AvgIpc) is 2.84. The Hall–Kier alpha value is -1.81. The van der Waals surface area contributed by atoms with E-state index in [4.69, 9.17) is 4.74 Å². The molecule has 4 heteroatoms. The van der Waals surface area contributed by atoms with Crippen molar-refractivity contribution < 1.29 is 4.74 Å². The maximum Gasteiger partial charge on any atom is 0.122 e. The number of methoxy groups -OCH3 is 1. The number of ether oxygens (including phenoxy) is 1. The van der Waals surface area contributed by atoms with Crippen LogP contribution in [0.4, 0.5) is 0 Å². The van der Waals surface area contributed by atoms with Gasteiger partial charge < -0.3 is 10.1 Å². The van der Waals surface area contributed by atoms with Crippen molar-refractivity contribution >= 4 is 0 Å². The normalized spacial score (nSPS) is 12.5. The number of aromatic nitrogens is 2. The highest BCUT2D eigenvalue weighted by molar-refractivity contribution is 5.45. The lowest BCUT2D eigenvalue weighted by Gasteiger charge is -2.21. The van der Waals surface area contributed by atoms with Crippen LogP contribution in [-0.4, -0.2) is 23.9 Å². The zero-order valence-electron chi connectivity index (χ0n) is 13.8. The third-order valence-electron chi connectivity index (χ3n) is 3.91. The molecule has 114 valence electrons. The summed E-state index contributed by atoms with van der Waals surface area (Å²) in [5.41, 5.74) is 5.89. The predicted octanol–water partition coefficient (Wildman–Crippen LogP) is 3.15. The molecule has 2 aromatic rings. The number of benzene rings is 1. The smallest absolute Gasteiger partial charge is 0.122 e. The van der Waals surface area contributed by atoms with Gasteiger partial charge in [0.2, 0.25) is 0 Å². The Bertz CT molecular complexity index is 631. The monoisotopic (exact) mass is 287 g/mol. The van der Waals surface area contributed by atoms with Gasteiger partial charge in [0.25, 0.3) is 0 Å². The first-order valence-electron chi connectivity index (χ1n) is 7.38. The van der Waals surface area contributed by atoms with Crippen LogP contribution in [0.5, 0.6) is 5.75 Å². The van der Waals surface area contributed by atoms with E-state index in [1.165, 1.54) is 16.8 Å². The largest absolute Gasteiger partial charge is 0.496 e. The molecule has 0 bridgehead atoms. The van der Waals surface area contributed by atoms with Gasteiger partial charge in [-0.05, 0) is 63.6 Å². The quantitative estimate of drug-likeness (QED) is 0.918. The van der Waals surface area contributed by atoms with E-state index in [9.17, 15) is 0 Å². The minimum absolute atomic E-state index is 0.135. The van der Waals surface area contributed by atoms with Crippen LogP contribution in [0.15, 0.2) is 18.2 Å². The van der Waals surface area contributed by atoms with Gasteiger partial charge in [0.1, 0.15) is 5.75 Å². The molecule has 0 aliphatic heterocycles. The van der Waals surface area contributed by atoms with E-state index in [2.05, 4.69) is 54.1 Å². The lowest BCUT2D eigenvalue weighted by atomic mass is 9.96. The van der Waals surface area contributed by atoms with Crippen molar-refractivity contribution in [1.29, 1.82) is 0 Å². The molecule has 1 atom stereocenters. The summed E-state index contributed by atoms with van der Waals surface area (Å²) in [6.45, 7) is 9.23. The van der Waals surface area contributed by atoms with Crippen LogP contribution < -0.4 is 10.1 Å². The summed E-state index contributed by atoms with van der Waals surface area (Å²) in [5.74, 6) is 0.936. The topological polar surface area (TPSA) is 39.1 Å². The maximum absolute atomic E-state index is 5.41. The van der Waals surface area contributed by atoms with E-state index in [1.807, 2.05) is 14.0 Å². The van der Waals surface area contributed by atoms with Gasteiger partial charge >= 0.3 is 0 Å². The second kappa shape index (κ2) is 6.31. The van der Waals surface area contributed by atoms with Crippen LogP contribution in [0, 0.1) is 20.8 Å². The van der Waals surface area contributed by atoms with Crippen molar-refractivity contribution in [2.45, 2.75) is 40.3 Å². The highest BCUT2D eigenvalue weighted by Gasteiger charge is 2.20. The van der Waals surface area contributed by atoms with Crippen LogP contribution >= 0.6 is 0 Å². The number of nitrogens with zero attached hydrogens (tertiary/aromatic N) is 2. The predicted molar refractivity (Wildman–Crippen MR) is 86.0 cm³/mol. The zero-order valence-corrected chi connectivity index (χ0v) is 13.8. The fourth-order valence-electron chi connectivity index (χ4n) is 2.86. The molecule has 0 saturated carbocycles. The molecule has 0 aliphatic carbocycles. The second-order valence-corrected chi connectivity index (χ2v) is 5.43. The minimum Gasteiger partial charge on any atom is -0.496 e. The number of hydrogen-bond donors (Lipinski definition) is 1. The number of nitrogens with one attached hydrogen (secondary N) is 1. The van der Waals surface area contributed by atoms with Gasteiger partial charge in [0, 0.05) is 6.54 Å². The summed E-state index contributed by atoms with van der Waals surface area (Å²) in [6.07, 6.45) is 0. The Labute approximate surface area is 127 Å². The molecule has 1 aromatic carbocycles. The van der Waals surface area contributed by atoms with Crippen molar-refractivity contribution in [2.75, 3.05) is 14.2 Å². The molecule has 0 radical (unpaired) electrons. The van der Waals surface area contributed by atoms with Crippen molar-refractivity contribution in [3.63, 3.8) is 0 Å². The van der Waals surface area contributed by atoms with Crippen molar-refractivity contribution in [2.24, 2.45) is 0 Å². The first-order chi connectivity index (χ1) is 10.0. The molecule has 1 heterocycles. The average molecular weight is 287 g/mol. The minimum atomic E-state index is 0.135. The van der Waals surface area contributed by atoms with Crippen LogP contribution in [-0.2, 0) is 6.54 Å². The molecular weight excluding hydrogens is 262 g/mol. The van der Waals surface area contributed by atoms with Gasteiger partial charge in [-0.3, -0.25) is 4.68 Å². The summed E-state index contributed by atoms with van der Waals surface area (Å²) in [6, 6.07) is 6.60. The van der Waals surface area contributed by atoms with Crippen molar-refractivity contribution in [3.05, 3.63) is 46.3 Å². The summed E-state index contributed by atoms with van der Waals surface area (Å²) in [5, 5.41) is 7.99. The molecule has 1 N–H and O–H groups in total. The summed E-state index contributed by atoms with van der Waals surface area (Å²) in [7, 11) is 3.71. The fraction of sp³-hybridized carbons (Fsp3) is 0.471. The van der Waals surface area contributed by atoms with Crippen molar-refractivity contribution in [1.82, 2.24) is 15.1 Å². The van der Waals surface area contributed by atoms with E-state index in [0.717, 1.165) is 23.6 Å². The molecular formula is C17H25N3O. The Morgan fingerprint density at radius 2 is 1.90 bits per heavy atom. The van der Waals surface area contributed by atoms with E-state index in [0.29, 0.717) is 0 Å². The Morgan fingerprint density at radius 3 is 2.48 bits per heavy atom. The number of hydrogen-bond acceptors (Lipinski definition) is 3. The highest BCUT2D eigenvalue weighted by Crippen LogP contribution is 2.30. The molecule has 1 aromatic heterocycles. The van der Waals surface area contributed by atoms with Gasteiger partial charge in [-0.25, -0.2) is 0 Å². The molecule has 0 aliphatic rings. The Morgan fingerprint density at radius 1 is 1.19 bits per heavy atom. The number of rotatable bonds is 5. The Balaban J connectivity index is 2.53. The maximum atomic E-state index is 5.41. The van der Waals surface area contributed by atoms with Crippen LogP contribution in [0.25, 0.3) is 0 Å². The lowest BCUT2D eigenvalue weighted by molar-refractivity contribution is 0.411. The SMILES string of the molecule is CCn1nc(C)cc1C(NC)c1cc(C)c(OC)cc1C. The molecule has 2 rings (SSSR count). The van der Waals surface area contributed by atoms with Crippen LogP contribution in [0.3, 0.4) is 0 Å². The van der Waals surface area contributed by atoms with Crippen molar-refractivity contribution in [3.8, 4) is 5.75 Å². The third-order valence-corrected chi connectivity index (χ3v) is 3.91. The lowest BCUT2D eigenvalue weighted by Crippen LogP contribution is -2.22. The van der Waals surface area contributed by atoms with Gasteiger partial charge in [-0.15, -0.1) is 0 Å². The highest BCUT2D eigenvalue weighted by atomic mass is 16.5. The van der Waals surface area contributed by atoms with E-state index >= 15 is 0 Å². The van der Waals surface area contributed by atoms with Gasteiger partial charge in [-0.1, -0.05) is 6.07 Å². The standard InChI is InChI=1S/C17H25N3O/c1-7-20-15(10-13(4)19-20)17(18-5)14-8-12(3)16(21-6)9-11(14)2/h8-10,17-18H,7H2,1-6H3. The molecule has 0 amide bonds. The first-order valence-corrected chi connectivity index (χ1v) is 7.38. The van der Waals surface area contributed by atoms with E-state index < -0.39 is 0 Å². The zero-order chi connectivity index (χ0) is 15.6. The Kier molecular flexibility index (Phi) is 4.68. The molecule has 21 heavy (non-hydrogen) atoms. The molecule has 1 unspecified atom stereocenters. The molecule has 0 saturated heterocycles. The van der Waals surface area contributed by atoms with E-state index in [1.54, 1.807) is 7.11 Å². The van der Waals surface area contributed by atoms with E-state index in [-0.39, 0.29) is 6.04 Å². The van der Waals surface area contributed by atoms with Crippen LogP contribution in [0.1, 0.15) is 41.0 Å².